The molecule has 11 heteroatoms. The Morgan fingerprint density at radius 3 is 2.62 bits per heavy atom. The van der Waals surface area contributed by atoms with Crippen LogP contribution in [0.3, 0.4) is 0 Å². The van der Waals surface area contributed by atoms with E-state index < -0.39 is 42.1 Å². The molecule has 2 fully saturated rings. The molecule has 5 atom stereocenters. The van der Waals surface area contributed by atoms with Gasteiger partial charge >= 0.3 is 5.97 Å². The molecule has 2 aliphatic heterocycles. The molecule has 2 aromatic rings. The molecule has 2 aromatic heterocycles. The van der Waals surface area contributed by atoms with Crippen molar-refractivity contribution in [3.63, 3.8) is 0 Å². The molecule has 186 valence electrons. The lowest BCUT2D eigenvalue weighted by Crippen LogP contribution is -2.35. The summed E-state index contributed by atoms with van der Waals surface area (Å²) in [5.74, 6) is -1.96. The SMILES string of the molecule is CC(=O)C[C@H](C(=O)OC[C@H]1O[C@@H](c2cn(C)c3c(=O)[nH]c(N)nc23)C2OC(C)(C)O[C@@H]21)C(C)C. The maximum absolute atomic E-state index is 12.7. The van der Waals surface area contributed by atoms with Gasteiger partial charge in [-0.15, -0.1) is 0 Å². The Bertz CT molecular complexity index is 1170. The summed E-state index contributed by atoms with van der Waals surface area (Å²) in [6.07, 6.45) is -0.358. The number of aromatic amines is 1. The summed E-state index contributed by atoms with van der Waals surface area (Å²) in [7, 11) is 1.74. The van der Waals surface area contributed by atoms with Gasteiger partial charge in [-0.25, -0.2) is 4.98 Å². The molecule has 11 nitrogen and oxygen atoms in total. The lowest BCUT2D eigenvalue weighted by Gasteiger charge is -2.25. The number of aromatic nitrogens is 3. The zero-order valence-electron chi connectivity index (χ0n) is 20.3. The molecule has 1 unspecified atom stereocenters. The van der Waals surface area contributed by atoms with Gasteiger partial charge in [0.1, 0.15) is 47.8 Å². The number of ether oxygens (including phenoxy) is 4. The molecule has 0 aromatic carbocycles. The Morgan fingerprint density at radius 1 is 1.29 bits per heavy atom. The van der Waals surface area contributed by atoms with Crippen LogP contribution < -0.4 is 11.3 Å². The average molecular weight is 477 g/mol. The van der Waals surface area contributed by atoms with Crippen molar-refractivity contribution in [3.8, 4) is 0 Å². The van der Waals surface area contributed by atoms with E-state index in [4.69, 9.17) is 24.7 Å². The Kier molecular flexibility index (Phi) is 6.30. The zero-order valence-corrected chi connectivity index (χ0v) is 20.3. The van der Waals surface area contributed by atoms with Crippen LogP contribution in [0.1, 0.15) is 52.7 Å². The van der Waals surface area contributed by atoms with Gasteiger partial charge in [-0.3, -0.25) is 14.6 Å². The number of rotatable bonds is 7. The van der Waals surface area contributed by atoms with Crippen LogP contribution in [0.5, 0.6) is 0 Å². The number of H-pyrrole nitrogens is 1. The summed E-state index contributed by atoms with van der Waals surface area (Å²) in [5, 5.41) is 0. The van der Waals surface area contributed by atoms with Crippen LogP contribution in [0.25, 0.3) is 11.0 Å². The monoisotopic (exact) mass is 476 g/mol. The van der Waals surface area contributed by atoms with Gasteiger partial charge in [0, 0.05) is 25.2 Å². The van der Waals surface area contributed by atoms with Gasteiger partial charge in [0.2, 0.25) is 5.95 Å². The van der Waals surface area contributed by atoms with Crippen LogP contribution in [-0.4, -0.2) is 57.0 Å². The number of nitrogens with two attached hydrogens (primary N) is 1. The van der Waals surface area contributed by atoms with E-state index in [-0.39, 0.29) is 36.2 Å². The van der Waals surface area contributed by atoms with Gasteiger partial charge in [-0.2, -0.15) is 0 Å². The number of Topliss-reactive ketones (excluding diaryl/α,β-unsaturated/α-hetero) is 1. The minimum atomic E-state index is -0.872. The lowest BCUT2D eigenvalue weighted by molar-refractivity contribution is -0.194. The first kappa shape index (κ1) is 24.4. The third-order valence-electron chi connectivity index (χ3n) is 6.33. The van der Waals surface area contributed by atoms with E-state index in [1.165, 1.54) is 6.92 Å². The zero-order chi connectivity index (χ0) is 24.9. The summed E-state index contributed by atoms with van der Waals surface area (Å²) >= 11 is 0. The van der Waals surface area contributed by atoms with Gasteiger partial charge < -0.3 is 34.0 Å². The number of esters is 1. The number of nitrogens with one attached hydrogen (secondary N) is 1. The molecule has 34 heavy (non-hydrogen) atoms. The molecule has 0 spiro atoms. The predicted octanol–water partition coefficient (Wildman–Crippen LogP) is 1.60. The first-order chi connectivity index (χ1) is 15.9. The minimum absolute atomic E-state index is 0.000837. The smallest absolute Gasteiger partial charge is 0.309 e. The molecule has 2 aliphatic rings. The number of aryl methyl sites for hydroxylation is 1. The van der Waals surface area contributed by atoms with E-state index in [1.54, 1.807) is 31.7 Å². The fourth-order valence-electron chi connectivity index (χ4n) is 4.79. The van der Waals surface area contributed by atoms with Crippen molar-refractivity contribution in [2.24, 2.45) is 18.9 Å². The summed E-state index contributed by atoms with van der Waals surface area (Å²) in [6.45, 7) is 8.76. The second-order valence-corrected chi connectivity index (χ2v) is 9.89. The molecule has 3 N–H and O–H groups in total. The number of hydrogen-bond acceptors (Lipinski definition) is 9. The molecule has 0 amide bonds. The highest BCUT2D eigenvalue weighted by molar-refractivity contribution is 5.83. The van der Waals surface area contributed by atoms with Crippen LogP contribution in [0.2, 0.25) is 0 Å². The number of hydrogen-bond donors (Lipinski definition) is 2. The summed E-state index contributed by atoms with van der Waals surface area (Å²) < 4.78 is 25.8. The van der Waals surface area contributed by atoms with Crippen molar-refractivity contribution in [1.29, 1.82) is 0 Å². The van der Waals surface area contributed by atoms with Crippen LogP contribution in [0.15, 0.2) is 11.0 Å². The standard InChI is InChI=1S/C23H32N4O7/c1-10(2)12(7-11(3)28)21(30)31-9-14-18-19(34-23(4,5)33-18)17(32-14)13-8-27(6)16-15(13)25-22(24)26-20(16)29/h8,10,12,14,17-19H,7,9H2,1-6H3,(H3,24,25,26,29)/t12-,14+,17-,18+,19?/m0/s1. The Labute approximate surface area is 196 Å². The number of fused-ring (bicyclic) bond motifs is 2. The Hall–Kier alpha value is -2.76. The lowest BCUT2D eigenvalue weighted by atomic mass is 9.91. The van der Waals surface area contributed by atoms with Crippen molar-refractivity contribution >= 4 is 28.7 Å². The third kappa shape index (κ3) is 4.47. The summed E-state index contributed by atoms with van der Waals surface area (Å²) in [6, 6.07) is 0. The largest absolute Gasteiger partial charge is 0.463 e. The van der Waals surface area contributed by atoms with Crippen molar-refractivity contribution < 1.29 is 28.5 Å². The normalized spacial score (nSPS) is 26.7. The number of carbonyl (C=O) groups excluding carboxylic acids is 2. The van der Waals surface area contributed by atoms with Gasteiger partial charge in [-0.1, -0.05) is 13.8 Å². The number of nitrogens with zero attached hydrogens (tertiary/aromatic N) is 2. The Morgan fingerprint density at radius 2 is 1.97 bits per heavy atom. The van der Waals surface area contributed by atoms with E-state index in [0.29, 0.717) is 16.6 Å². The highest BCUT2D eigenvalue weighted by atomic mass is 16.8. The number of carbonyl (C=O) groups is 2. The van der Waals surface area contributed by atoms with Crippen molar-refractivity contribution in [2.75, 3.05) is 12.3 Å². The van der Waals surface area contributed by atoms with Crippen molar-refractivity contribution in [1.82, 2.24) is 14.5 Å². The minimum Gasteiger partial charge on any atom is -0.463 e. The van der Waals surface area contributed by atoms with Gasteiger partial charge in [0.15, 0.2) is 5.79 Å². The first-order valence-corrected chi connectivity index (χ1v) is 11.4. The van der Waals surface area contributed by atoms with E-state index in [2.05, 4.69) is 9.97 Å². The van der Waals surface area contributed by atoms with Gasteiger partial charge in [0.05, 0.1) is 5.92 Å². The second-order valence-electron chi connectivity index (χ2n) is 9.89. The van der Waals surface area contributed by atoms with Gasteiger partial charge in [-0.05, 0) is 26.7 Å². The molecule has 4 heterocycles. The van der Waals surface area contributed by atoms with Crippen LogP contribution in [-0.2, 0) is 35.6 Å². The highest BCUT2D eigenvalue weighted by Crippen LogP contribution is 2.46. The van der Waals surface area contributed by atoms with Crippen LogP contribution in [0.4, 0.5) is 5.95 Å². The summed E-state index contributed by atoms with van der Waals surface area (Å²) in [5.41, 5.74) is 6.85. The van der Waals surface area contributed by atoms with Gasteiger partial charge in [0.25, 0.3) is 5.56 Å². The third-order valence-corrected chi connectivity index (χ3v) is 6.33. The molecule has 0 aliphatic carbocycles. The highest BCUT2D eigenvalue weighted by Gasteiger charge is 2.56. The molecule has 0 saturated carbocycles. The quantitative estimate of drug-likeness (QED) is 0.568. The first-order valence-electron chi connectivity index (χ1n) is 11.4. The molecular formula is C23H32N4O7. The van der Waals surface area contributed by atoms with E-state index in [1.807, 2.05) is 13.8 Å². The average Bonchev–Trinajstić information content (AvgIpc) is 3.32. The van der Waals surface area contributed by atoms with E-state index >= 15 is 0 Å². The molecule has 0 radical (unpaired) electrons. The number of ketones is 1. The maximum atomic E-state index is 12.7. The van der Waals surface area contributed by atoms with E-state index in [9.17, 15) is 14.4 Å². The number of anilines is 1. The molecule has 4 rings (SSSR count). The number of nitrogen functional groups attached to an aromatic ring is 1. The molecule has 2 saturated heterocycles. The van der Waals surface area contributed by atoms with E-state index in [0.717, 1.165) is 0 Å². The summed E-state index contributed by atoms with van der Waals surface area (Å²) in [4.78, 5) is 43.6. The Balaban J connectivity index is 1.60. The maximum Gasteiger partial charge on any atom is 0.309 e. The predicted molar refractivity (Wildman–Crippen MR) is 122 cm³/mol. The molecular weight excluding hydrogens is 444 g/mol. The van der Waals surface area contributed by atoms with Crippen LogP contribution >= 0.6 is 0 Å². The van der Waals surface area contributed by atoms with Crippen molar-refractivity contribution in [3.05, 3.63) is 22.1 Å². The fraction of sp³-hybridized carbons (Fsp3) is 0.652. The van der Waals surface area contributed by atoms with Crippen LogP contribution in [0, 0.1) is 11.8 Å². The topological polar surface area (TPSA) is 148 Å². The second kappa shape index (κ2) is 8.79. The fourth-order valence-corrected chi connectivity index (χ4v) is 4.79. The molecule has 0 bridgehead atoms. The van der Waals surface area contributed by atoms with Crippen molar-refractivity contribution in [2.45, 2.75) is 71.2 Å².